The van der Waals surface area contributed by atoms with E-state index in [1.807, 2.05) is 0 Å². The smallest absolute Gasteiger partial charge is 0.336 e. The van der Waals surface area contributed by atoms with Crippen LogP contribution >= 0.6 is 11.3 Å². The van der Waals surface area contributed by atoms with Gasteiger partial charge in [-0.1, -0.05) is 0 Å². The normalized spacial score (nSPS) is 23.5. The van der Waals surface area contributed by atoms with E-state index in [9.17, 15) is 20.2 Å². The number of aromatic nitrogens is 1. The van der Waals surface area contributed by atoms with E-state index in [-0.39, 0.29) is 16.7 Å². The molecule has 0 amide bonds. The predicted molar refractivity (Wildman–Crippen MR) is 56.0 cm³/mol. The van der Waals surface area contributed by atoms with E-state index in [0.29, 0.717) is 0 Å². The maximum absolute atomic E-state index is 10.4. The molecule has 2 unspecified atom stereocenters. The van der Waals surface area contributed by atoms with Gasteiger partial charge in [-0.05, 0) is 11.3 Å². The lowest BCUT2D eigenvalue weighted by Gasteiger charge is -2.09. The van der Waals surface area contributed by atoms with Crippen molar-refractivity contribution in [3.8, 4) is 0 Å². The van der Waals surface area contributed by atoms with Gasteiger partial charge < -0.3 is 10.1 Å². The van der Waals surface area contributed by atoms with Crippen LogP contribution in [0.5, 0.6) is 0 Å². The summed E-state index contributed by atoms with van der Waals surface area (Å²) in [5, 5.41) is 26.2. The quantitative estimate of drug-likeness (QED) is 0.570. The first-order valence-corrected chi connectivity index (χ1v) is 5.26. The molecular weight excluding hydrogens is 254 g/mol. The fourth-order valence-electron chi connectivity index (χ4n) is 1.19. The number of nitro groups is 2. The van der Waals surface area contributed by atoms with Crippen LogP contribution in [0.15, 0.2) is 6.20 Å². The Kier molecular flexibility index (Phi) is 3.12. The summed E-state index contributed by atoms with van der Waals surface area (Å²) in [6.45, 7) is -0.0713. The van der Waals surface area contributed by atoms with Crippen LogP contribution in [0.4, 0.5) is 10.1 Å². The topological polar surface area (TPSA) is 132 Å². The molecule has 92 valence electrons. The Hall–Kier alpha value is -1.85. The van der Waals surface area contributed by atoms with Crippen molar-refractivity contribution in [2.75, 3.05) is 11.9 Å². The zero-order valence-corrected chi connectivity index (χ0v) is 9.05. The summed E-state index contributed by atoms with van der Waals surface area (Å²) >= 11 is 0.826. The lowest BCUT2D eigenvalue weighted by molar-refractivity contribution is -0.525. The third-order valence-corrected chi connectivity index (χ3v) is 2.83. The molecule has 1 saturated heterocycles. The number of thiazole rings is 1. The summed E-state index contributed by atoms with van der Waals surface area (Å²) < 4.78 is 5.03. The monoisotopic (exact) mass is 261 g/mol. The van der Waals surface area contributed by atoms with Crippen molar-refractivity contribution in [1.29, 1.82) is 0 Å². The first-order chi connectivity index (χ1) is 8.06. The molecule has 0 aliphatic carbocycles. The van der Waals surface area contributed by atoms with Crippen LogP contribution in [0.25, 0.3) is 0 Å². The van der Waals surface area contributed by atoms with Crippen molar-refractivity contribution in [2.24, 2.45) is 0 Å². The van der Waals surface area contributed by atoms with Crippen molar-refractivity contribution in [1.82, 2.24) is 10.3 Å². The molecule has 0 radical (unpaired) electrons. The van der Waals surface area contributed by atoms with E-state index in [0.717, 1.165) is 17.5 Å². The van der Waals surface area contributed by atoms with Crippen LogP contribution in [0.2, 0.25) is 0 Å². The van der Waals surface area contributed by atoms with Gasteiger partial charge in [0, 0.05) is 4.92 Å². The first-order valence-electron chi connectivity index (χ1n) is 4.44. The molecule has 0 saturated carbocycles. The molecule has 1 fully saturated rings. The lowest BCUT2D eigenvalue weighted by Crippen LogP contribution is -2.39. The van der Waals surface area contributed by atoms with Crippen LogP contribution in [-0.4, -0.2) is 34.0 Å². The van der Waals surface area contributed by atoms with Crippen LogP contribution < -0.4 is 10.6 Å². The molecule has 2 heterocycles. The summed E-state index contributed by atoms with van der Waals surface area (Å²) in [4.78, 5) is 23.5. The van der Waals surface area contributed by atoms with E-state index in [4.69, 9.17) is 4.74 Å². The van der Waals surface area contributed by atoms with E-state index in [1.54, 1.807) is 0 Å². The lowest BCUT2D eigenvalue weighted by atomic mass is 10.6. The number of nitrogens with one attached hydrogen (secondary N) is 2. The number of rotatable bonds is 4. The maximum Gasteiger partial charge on any atom is 0.345 e. The van der Waals surface area contributed by atoms with Crippen LogP contribution in [0.3, 0.4) is 0 Å². The molecule has 1 aliphatic heterocycles. The summed E-state index contributed by atoms with van der Waals surface area (Å²) in [5.74, 6) is 0. The second-order valence-corrected chi connectivity index (χ2v) is 4.10. The standard InChI is InChI=1S/C6H7N5O5S/c12-10(13)3-2-16-5(8-3)9-6-7-1-4(17-6)11(14)15/h1,3,5,8H,2H2,(H,7,9). The van der Waals surface area contributed by atoms with Crippen molar-refractivity contribution < 1.29 is 14.6 Å². The third kappa shape index (κ3) is 2.64. The molecule has 1 aromatic rings. The summed E-state index contributed by atoms with van der Waals surface area (Å²) in [6.07, 6.45) is -0.647. The zero-order chi connectivity index (χ0) is 12.4. The Bertz CT molecular complexity index is 450. The molecule has 0 bridgehead atoms. The van der Waals surface area contributed by atoms with Gasteiger partial charge >= 0.3 is 5.00 Å². The summed E-state index contributed by atoms with van der Waals surface area (Å²) in [7, 11) is 0. The molecule has 1 aromatic heterocycles. The largest absolute Gasteiger partial charge is 0.345 e. The van der Waals surface area contributed by atoms with Gasteiger partial charge in [-0.25, -0.2) is 10.3 Å². The number of anilines is 1. The number of ether oxygens (including phenoxy) is 1. The minimum atomic E-state index is -0.984. The van der Waals surface area contributed by atoms with E-state index < -0.39 is 22.4 Å². The minimum absolute atomic E-state index is 0.0713. The fourth-order valence-corrected chi connectivity index (χ4v) is 1.84. The second kappa shape index (κ2) is 4.57. The number of hydrogen-bond donors (Lipinski definition) is 2. The molecule has 17 heavy (non-hydrogen) atoms. The summed E-state index contributed by atoms with van der Waals surface area (Å²) in [5.41, 5.74) is 0. The van der Waals surface area contributed by atoms with Crippen molar-refractivity contribution in [3.05, 3.63) is 26.4 Å². The third-order valence-electron chi connectivity index (χ3n) is 1.95. The van der Waals surface area contributed by atoms with E-state index in [2.05, 4.69) is 15.6 Å². The Morgan fingerprint density at radius 3 is 2.88 bits per heavy atom. The number of nitrogens with zero attached hydrogens (tertiary/aromatic N) is 3. The Labute approximate surface area is 97.9 Å². The van der Waals surface area contributed by atoms with Gasteiger partial charge in [-0.2, -0.15) is 0 Å². The Morgan fingerprint density at radius 2 is 2.35 bits per heavy atom. The highest BCUT2D eigenvalue weighted by atomic mass is 32.1. The van der Waals surface area contributed by atoms with Crippen LogP contribution in [0.1, 0.15) is 0 Å². The van der Waals surface area contributed by atoms with Gasteiger partial charge in [-0.3, -0.25) is 20.2 Å². The Morgan fingerprint density at radius 1 is 1.59 bits per heavy atom. The van der Waals surface area contributed by atoms with Crippen LogP contribution in [0, 0.1) is 20.2 Å². The Balaban J connectivity index is 1.93. The molecule has 2 N–H and O–H groups in total. The van der Waals surface area contributed by atoms with Gasteiger partial charge in [-0.15, -0.1) is 0 Å². The van der Waals surface area contributed by atoms with E-state index in [1.165, 1.54) is 0 Å². The highest BCUT2D eigenvalue weighted by Crippen LogP contribution is 2.25. The highest BCUT2D eigenvalue weighted by Gasteiger charge is 2.33. The van der Waals surface area contributed by atoms with Crippen molar-refractivity contribution in [3.63, 3.8) is 0 Å². The fraction of sp³-hybridized carbons (Fsp3) is 0.500. The zero-order valence-electron chi connectivity index (χ0n) is 8.23. The SMILES string of the molecule is O=[N+]([O-])c1cnc(NC2NC([N+](=O)[O-])CO2)s1. The minimum Gasteiger partial charge on any atom is -0.336 e. The van der Waals surface area contributed by atoms with Gasteiger partial charge in [0.1, 0.15) is 12.8 Å². The molecule has 2 rings (SSSR count). The van der Waals surface area contributed by atoms with Gasteiger partial charge in [0.15, 0.2) is 11.5 Å². The molecule has 0 spiro atoms. The second-order valence-electron chi connectivity index (χ2n) is 3.09. The number of hydrogen-bond acceptors (Lipinski definition) is 9. The van der Waals surface area contributed by atoms with Gasteiger partial charge in [0.2, 0.25) is 0 Å². The van der Waals surface area contributed by atoms with Gasteiger partial charge in [0.05, 0.1) is 4.92 Å². The first kappa shape index (κ1) is 11.6. The van der Waals surface area contributed by atoms with Gasteiger partial charge in [0.25, 0.3) is 6.17 Å². The molecule has 10 nitrogen and oxygen atoms in total. The van der Waals surface area contributed by atoms with Crippen molar-refractivity contribution in [2.45, 2.75) is 12.5 Å². The molecule has 11 heteroatoms. The molecule has 1 aliphatic rings. The van der Waals surface area contributed by atoms with Crippen molar-refractivity contribution >= 4 is 21.5 Å². The van der Waals surface area contributed by atoms with E-state index >= 15 is 0 Å². The predicted octanol–water partition coefficient (Wildman–Crippen LogP) is -0.0306. The molecule has 2 atom stereocenters. The average molecular weight is 261 g/mol. The molecular formula is C6H7N5O5S. The highest BCUT2D eigenvalue weighted by molar-refractivity contribution is 7.18. The average Bonchev–Trinajstić information content (AvgIpc) is 2.87. The maximum atomic E-state index is 10.4. The summed E-state index contributed by atoms with van der Waals surface area (Å²) in [6, 6.07) is 0. The molecule has 0 aromatic carbocycles. The van der Waals surface area contributed by atoms with Crippen LogP contribution in [-0.2, 0) is 4.74 Å².